The summed E-state index contributed by atoms with van der Waals surface area (Å²) < 4.78 is 17.4. The summed E-state index contributed by atoms with van der Waals surface area (Å²) in [6, 6.07) is 12.0. The highest BCUT2D eigenvalue weighted by atomic mass is 79.9. The number of benzene rings is 2. The molecule has 2 amide bonds. The van der Waals surface area contributed by atoms with Crippen LogP contribution in [0.4, 0.5) is 5.69 Å². The van der Waals surface area contributed by atoms with Gasteiger partial charge in [-0.3, -0.25) is 14.4 Å². The van der Waals surface area contributed by atoms with Crippen LogP contribution in [0, 0.1) is 0 Å². The van der Waals surface area contributed by atoms with Crippen molar-refractivity contribution < 1.29 is 28.6 Å². The summed E-state index contributed by atoms with van der Waals surface area (Å²) in [4.78, 5) is 37.6. The van der Waals surface area contributed by atoms with Crippen molar-refractivity contribution in [3.63, 3.8) is 0 Å². The third-order valence-electron chi connectivity index (χ3n) is 4.57. The van der Waals surface area contributed by atoms with E-state index in [-0.39, 0.29) is 30.0 Å². The van der Waals surface area contributed by atoms with Crippen LogP contribution in [0.5, 0.6) is 11.5 Å². The Bertz CT molecular complexity index is 1070. The van der Waals surface area contributed by atoms with Gasteiger partial charge in [-0.15, -0.1) is 5.10 Å². The minimum Gasteiger partial charge on any atom is -0.497 e. The van der Waals surface area contributed by atoms with Crippen LogP contribution >= 0.6 is 15.9 Å². The lowest BCUT2D eigenvalue weighted by Gasteiger charge is -2.27. The molecule has 10 heteroatoms. The zero-order chi connectivity index (χ0) is 23.4. The van der Waals surface area contributed by atoms with Crippen LogP contribution in [0.25, 0.3) is 0 Å². The lowest BCUT2D eigenvalue weighted by atomic mass is 10.2. The van der Waals surface area contributed by atoms with E-state index >= 15 is 0 Å². The van der Waals surface area contributed by atoms with E-state index < -0.39 is 12.2 Å². The van der Waals surface area contributed by atoms with E-state index in [4.69, 9.17) is 14.2 Å². The van der Waals surface area contributed by atoms with Crippen molar-refractivity contribution in [1.82, 2.24) is 5.01 Å². The SMILES string of the molecule is COc1ccc(OC(C)=O)c(C2=NN(C(C)=O)[C@H](CN(C(C)=O)c3ccc(Br)cc3)O2)c1. The number of rotatable bonds is 6. The second-order valence-electron chi connectivity index (χ2n) is 6.90. The molecule has 0 aromatic heterocycles. The first-order valence-electron chi connectivity index (χ1n) is 9.65. The zero-order valence-corrected chi connectivity index (χ0v) is 19.6. The summed E-state index contributed by atoms with van der Waals surface area (Å²) in [5.74, 6) is -0.360. The molecule has 0 N–H and O–H groups in total. The van der Waals surface area contributed by atoms with Crippen molar-refractivity contribution in [2.24, 2.45) is 5.10 Å². The van der Waals surface area contributed by atoms with Crippen LogP contribution in [0.15, 0.2) is 52.0 Å². The molecule has 0 aliphatic carbocycles. The number of methoxy groups -OCH3 is 1. The van der Waals surface area contributed by atoms with E-state index in [1.165, 1.54) is 32.8 Å². The summed E-state index contributed by atoms with van der Waals surface area (Å²) in [6.07, 6.45) is -0.883. The van der Waals surface area contributed by atoms with Crippen LogP contribution in [0.1, 0.15) is 26.3 Å². The molecular formula is C22H22BrN3O6. The molecule has 1 atom stereocenters. The highest BCUT2D eigenvalue weighted by Crippen LogP contribution is 2.30. The average molecular weight is 504 g/mol. The molecule has 0 spiro atoms. The van der Waals surface area contributed by atoms with E-state index in [2.05, 4.69) is 21.0 Å². The minimum atomic E-state index is -0.883. The average Bonchev–Trinajstić information content (AvgIpc) is 3.16. The Kier molecular flexibility index (Phi) is 7.14. The largest absolute Gasteiger partial charge is 0.497 e. The first kappa shape index (κ1) is 23.3. The topological polar surface area (TPSA) is 97.7 Å². The highest BCUT2D eigenvalue weighted by Gasteiger charge is 2.35. The van der Waals surface area contributed by atoms with Gasteiger partial charge in [-0.2, -0.15) is 5.01 Å². The number of hydrogen-bond acceptors (Lipinski definition) is 7. The summed E-state index contributed by atoms with van der Waals surface area (Å²) in [5, 5.41) is 5.44. The Balaban J connectivity index is 1.93. The number of esters is 1. The van der Waals surface area contributed by atoms with Crippen LogP contribution in [-0.4, -0.2) is 48.6 Å². The minimum absolute atomic E-state index is 0.0381. The molecule has 0 fully saturated rings. The van der Waals surface area contributed by atoms with Crippen LogP contribution < -0.4 is 14.4 Å². The van der Waals surface area contributed by atoms with Crippen LogP contribution in [0.2, 0.25) is 0 Å². The van der Waals surface area contributed by atoms with Gasteiger partial charge in [-0.05, 0) is 42.5 Å². The van der Waals surface area contributed by atoms with Gasteiger partial charge in [-0.1, -0.05) is 15.9 Å². The number of nitrogens with zero attached hydrogens (tertiary/aromatic N) is 3. The number of ether oxygens (including phenoxy) is 3. The lowest BCUT2D eigenvalue weighted by molar-refractivity contribution is -0.135. The Morgan fingerprint density at radius 2 is 1.81 bits per heavy atom. The molecule has 0 radical (unpaired) electrons. The van der Waals surface area contributed by atoms with Crippen molar-refractivity contribution in [3.05, 3.63) is 52.5 Å². The molecule has 1 aliphatic heterocycles. The van der Waals surface area contributed by atoms with Crippen LogP contribution in [-0.2, 0) is 19.1 Å². The van der Waals surface area contributed by atoms with E-state index in [0.29, 0.717) is 17.0 Å². The van der Waals surface area contributed by atoms with E-state index in [0.717, 1.165) is 9.48 Å². The molecule has 168 valence electrons. The molecule has 2 aromatic rings. The maximum absolute atomic E-state index is 12.3. The van der Waals surface area contributed by atoms with E-state index in [1.54, 1.807) is 30.3 Å². The smallest absolute Gasteiger partial charge is 0.308 e. The Hall–Kier alpha value is -3.40. The first-order valence-corrected chi connectivity index (χ1v) is 10.4. The third-order valence-corrected chi connectivity index (χ3v) is 5.10. The van der Waals surface area contributed by atoms with Gasteiger partial charge >= 0.3 is 5.97 Å². The molecule has 0 bridgehead atoms. The monoisotopic (exact) mass is 503 g/mol. The van der Waals surface area contributed by atoms with E-state index in [9.17, 15) is 14.4 Å². The molecule has 9 nitrogen and oxygen atoms in total. The summed E-state index contributed by atoms with van der Waals surface area (Å²) in [6.45, 7) is 4.09. The van der Waals surface area contributed by atoms with Crippen molar-refractivity contribution in [2.45, 2.75) is 27.0 Å². The number of halogens is 1. The predicted octanol–water partition coefficient (Wildman–Crippen LogP) is 3.30. The highest BCUT2D eigenvalue weighted by molar-refractivity contribution is 9.10. The maximum Gasteiger partial charge on any atom is 0.308 e. The fourth-order valence-electron chi connectivity index (χ4n) is 3.11. The zero-order valence-electron chi connectivity index (χ0n) is 18.0. The van der Waals surface area contributed by atoms with Gasteiger partial charge in [0.25, 0.3) is 0 Å². The molecular weight excluding hydrogens is 482 g/mol. The van der Waals surface area contributed by atoms with Gasteiger partial charge in [0.15, 0.2) is 0 Å². The number of carbonyl (C=O) groups is 3. The van der Waals surface area contributed by atoms with Gasteiger partial charge in [0.05, 0.1) is 19.2 Å². The van der Waals surface area contributed by atoms with Crippen LogP contribution in [0.3, 0.4) is 0 Å². The predicted molar refractivity (Wildman–Crippen MR) is 120 cm³/mol. The van der Waals surface area contributed by atoms with Gasteiger partial charge in [0.1, 0.15) is 11.5 Å². The second-order valence-corrected chi connectivity index (χ2v) is 7.82. The van der Waals surface area contributed by atoms with Gasteiger partial charge < -0.3 is 19.1 Å². The normalized spacial score (nSPS) is 15.0. The summed E-state index contributed by atoms with van der Waals surface area (Å²) >= 11 is 3.37. The first-order chi connectivity index (χ1) is 15.2. The standard InChI is InChI=1S/C22H22BrN3O6/c1-13(27)25(17-7-5-16(23)6-8-17)12-21-26(14(2)28)24-22(32-21)19-11-18(30-4)9-10-20(19)31-15(3)29/h5-11,21H,12H2,1-4H3/t21-/m0/s1. The quantitative estimate of drug-likeness (QED) is 0.443. The van der Waals surface area contributed by atoms with Gasteiger partial charge in [0.2, 0.25) is 23.9 Å². The number of carbonyl (C=O) groups excluding carboxylic acids is 3. The number of anilines is 1. The molecule has 3 rings (SSSR count). The van der Waals surface area contributed by atoms with Gasteiger partial charge in [-0.25, -0.2) is 0 Å². The molecule has 32 heavy (non-hydrogen) atoms. The van der Waals surface area contributed by atoms with E-state index in [1.807, 2.05) is 12.1 Å². The number of hydrazone groups is 1. The summed E-state index contributed by atoms with van der Waals surface area (Å²) in [7, 11) is 1.50. The fraction of sp³-hybridized carbons (Fsp3) is 0.273. The lowest BCUT2D eigenvalue weighted by Crippen LogP contribution is -2.44. The fourth-order valence-corrected chi connectivity index (χ4v) is 3.37. The molecule has 0 saturated heterocycles. The van der Waals surface area contributed by atoms with Crippen molar-refractivity contribution in [1.29, 1.82) is 0 Å². The maximum atomic E-state index is 12.3. The molecule has 0 saturated carbocycles. The second kappa shape index (κ2) is 9.82. The Labute approximate surface area is 193 Å². The Morgan fingerprint density at radius 1 is 1.12 bits per heavy atom. The van der Waals surface area contributed by atoms with Crippen molar-refractivity contribution in [3.8, 4) is 11.5 Å². The van der Waals surface area contributed by atoms with Crippen molar-refractivity contribution >= 4 is 45.3 Å². The molecule has 0 unspecified atom stereocenters. The molecule has 1 heterocycles. The molecule has 1 aliphatic rings. The van der Waals surface area contributed by atoms with Gasteiger partial charge in [0, 0.05) is 30.9 Å². The summed E-state index contributed by atoms with van der Waals surface area (Å²) in [5.41, 5.74) is 0.981. The third kappa shape index (κ3) is 5.25. The number of amides is 2. The van der Waals surface area contributed by atoms with Crippen molar-refractivity contribution in [2.75, 3.05) is 18.6 Å². The Morgan fingerprint density at radius 3 is 2.38 bits per heavy atom. The number of hydrogen-bond donors (Lipinski definition) is 0. The molecule has 2 aromatic carbocycles.